The third kappa shape index (κ3) is 4.36. The van der Waals surface area contributed by atoms with Crippen molar-refractivity contribution < 1.29 is 24.2 Å². The van der Waals surface area contributed by atoms with E-state index in [1.165, 1.54) is 6.07 Å². The maximum absolute atomic E-state index is 12.3. The van der Waals surface area contributed by atoms with Gasteiger partial charge < -0.3 is 25.2 Å². The Hall–Kier alpha value is -2.51. The van der Waals surface area contributed by atoms with Crippen molar-refractivity contribution in [3.8, 4) is 5.75 Å². The number of rotatable bonds is 3. The van der Waals surface area contributed by atoms with Crippen molar-refractivity contribution in [1.29, 1.82) is 0 Å². The van der Waals surface area contributed by atoms with Crippen LogP contribution in [0.15, 0.2) is 6.07 Å². The maximum atomic E-state index is 12.3. The molecule has 0 unspecified atom stereocenters. The summed E-state index contributed by atoms with van der Waals surface area (Å²) >= 11 is 0. The zero-order chi connectivity index (χ0) is 19.9. The van der Waals surface area contributed by atoms with Gasteiger partial charge in [0.1, 0.15) is 11.7 Å². The Morgan fingerprint density at radius 1 is 1.38 bits per heavy atom. The lowest BCUT2D eigenvalue weighted by atomic mass is 9.90. The molecule has 0 aromatic carbocycles. The number of pyridine rings is 1. The molecule has 0 bridgehead atoms. The Morgan fingerprint density at radius 2 is 2.00 bits per heavy atom. The van der Waals surface area contributed by atoms with E-state index >= 15 is 0 Å². The highest BCUT2D eigenvalue weighted by atomic mass is 16.6. The monoisotopic (exact) mass is 365 g/mol. The molecular weight excluding hydrogens is 338 g/mol. The van der Waals surface area contributed by atoms with Gasteiger partial charge in [-0.05, 0) is 27.7 Å². The molecule has 1 aliphatic heterocycles. The van der Waals surface area contributed by atoms with Crippen LogP contribution in [0.1, 0.15) is 50.7 Å². The summed E-state index contributed by atoms with van der Waals surface area (Å²) in [4.78, 5) is 29.3. The molecule has 8 heteroatoms. The Kier molecular flexibility index (Phi) is 5.07. The number of nitrogens with two attached hydrogens (primary N) is 1. The average molecular weight is 365 g/mol. The number of aromatic nitrogens is 1. The second kappa shape index (κ2) is 6.66. The molecule has 0 radical (unpaired) electrons. The van der Waals surface area contributed by atoms with E-state index in [0.29, 0.717) is 18.8 Å². The molecular formula is C18H27N3O5. The van der Waals surface area contributed by atoms with Crippen molar-refractivity contribution in [1.82, 2.24) is 9.88 Å². The number of carbonyl (C=O) groups is 2. The molecule has 2 heterocycles. The summed E-state index contributed by atoms with van der Waals surface area (Å²) < 4.78 is 11.4. The van der Waals surface area contributed by atoms with Crippen LogP contribution in [-0.2, 0) is 4.74 Å². The van der Waals surface area contributed by atoms with Gasteiger partial charge in [-0.1, -0.05) is 13.8 Å². The summed E-state index contributed by atoms with van der Waals surface area (Å²) in [6.07, 6.45) is -0.777. The van der Waals surface area contributed by atoms with Gasteiger partial charge in [0, 0.05) is 18.0 Å². The van der Waals surface area contributed by atoms with E-state index in [1.807, 2.05) is 34.6 Å². The van der Waals surface area contributed by atoms with E-state index in [9.17, 15) is 14.7 Å². The molecule has 1 atom stereocenters. The number of amides is 1. The van der Waals surface area contributed by atoms with Crippen LogP contribution in [0, 0.1) is 12.3 Å². The minimum atomic E-state index is -1.10. The zero-order valence-electron chi connectivity index (χ0n) is 16.1. The highest BCUT2D eigenvalue weighted by Crippen LogP contribution is 2.35. The van der Waals surface area contributed by atoms with Gasteiger partial charge in [0.15, 0.2) is 11.6 Å². The van der Waals surface area contributed by atoms with Crippen LogP contribution >= 0.6 is 0 Å². The number of aromatic carboxylic acids is 1. The van der Waals surface area contributed by atoms with Gasteiger partial charge >= 0.3 is 12.1 Å². The quantitative estimate of drug-likeness (QED) is 0.846. The van der Waals surface area contributed by atoms with E-state index in [1.54, 1.807) is 11.8 Å². The molecule has 2 rings (SSSR count). The predicted octanol–water partition coefficient (Wildman–Crippen LogP) is 2.69. The van der Waals surface area contributed by atoms with Crippen molar-refractivity contribution in [3.05, 3.63) is 17.3 Å². The highest BCUT2D eigenvalue weighted by molar-refractivity contribution is 5.89. The summed E-state index contributed by atoms with van der Waals surface area (Å²) in [6, 6.07) is 1.38. The Labute approximate surface area is 153 Å². The number of aryl methyl sites for hydroxylation is 1. The summed E-state index contributed by atoms with van der Waals surface area (Å²) in [5, 5.41) is 9.26. The molecule has 8 nitrogen and oxygen atoms in total. The second-order valence-electron chi connectivity index (χ2n) is 8.27. The number of carbonyl (C=O) groups excluding carboxylic acids is 1. The third-order valence-electron chi connectivity index (χ3n) is 4.21. The van der Waals surface area contributed by atoms with Gasteiger partial charge in [0.2, 0.25) is 0 Å². The highest BCUT2D eigenvalue weighted by Gasteiger charge is 2.44. The van der Waals surface area contributed by atoms with E-state index in [4.69, 9.17) is 15.2 Å². The normalized spacial score (nSPS) is 19.3. The number of hydrogen-bond donors (Lipinski definition) is 2. The summed E-state index contributed by atoms with van der Waals surface area (Å²) in [7, 11) is 0. The first kappa shape index (κ1) is 19.8. The lowest BCUT2D eigenvalue weighted by Gasteiger charge is -2.26. The number of ether oxygens (including phenoxy) is 2. The molecule has 144 valence electrons. The number of nitrogens with zero attached hydrogens (tertiary/aromatic N) is 2. The third-order valence-corrected chi connectivity index (χ3v) is 4.21. The van der Waals surface area contributed by atoms with Gasteiger partial charge in [-0.2, -0.15) is 0 Å². The molecule has 3 N–H and O–H groups in total. The predicted molar refractivity (Wildman–Crippen MR) is 96.3 cm³/mol. The maximum Gasteiger partial charge on any atom is 0.410 e. The van der Waals surface area contributed by atoms with Crippen LogP contribution in [0.4, 0.5) is 10.6 Å². The van der Waals surface area contributed by atoms with E-state index in [-0.39, 0.29) is 28.6 Å². The molecule has 1 fully saturated rings. The van der Waals surface area contributed by atoms with Crippen molar-refractivity contribution in [3.63, 3.8) is 0 Å². The number of anilines is 1. The van der Waals surface area contributed by atoms with E-state index < -0.39 is 17.7 Å². The lowest BCUT2D eigenvalue weighted by molar-refractivity contribution is 0.0272. The smallest absolute Gasteiger partial charge is 0.410 e. The number of likely N-dealkylation sites (tertiary alicyclic amines) is 1. The largest absolute Gasteiger partial charge is 0.484 e. The average Bonchev–Trinajstić information content (AvgIpc) is 2.75. The summed E-state index contributed by atoms with van der Waals surface area (Å²) in [5.74, 6) is -0.767. The van der Waals surface area contributed by atoms with Crippen molar-refractivity contribution in [2.75, 3.05) is 18.8 Å². The van der Waals surface area contributed by atoms with E-state index in [2.05, 4.69) is 4.98 Å². The van der Waals surface area contributed by atoms with Gasteiger partial charge in [-0.25, -0.2) is 14.6 Å². The van der Waals surface area contributed by atoms with Crippen molar-refractivity contribution in [2.24, 2.45) is 5.41 Å². The number of hydrogen-bond acceptors (Lipinski definition) is 6. The van der Waals surface area contributed by atoms with Crippen molar-refractivity contribution in [2.45, 2.75) is 53.2 Å². The molecule has 0 spiro atoms. The molecule has 1 aromatic rings. The summed E-state index contributed by atoms with van der Waals surface area (Å²) in [6.45, 7) is 11.7. The van der Waals surface area contributed by atoms with Gasteiger partial charge in [0.05, 0.1) is 17.8 Å². The Balaban J connectivity index is 2.21. The van der Waals surface area contributed by atoms with Crippen molar-refractivity contribution >= 4 is 17.9 Å². The summed E-state index contributed by atoms with van der Waals surface area (Å²) in [5.41, 5.74) is 5.31. The van der Waals surface area contributed by atoms with Crippen LogP contribution in [0.5, 0.6) is 5.75 Å². The van der Waals surface area contributed by atoms with E-state index in [0.717, 1.165) is 0 Å². The fourth-order valence-electron chi connectivity index (χ4n) is 2.84. The Morgan fingerprint density at radius 3 is 2.54 bits per heavy atom. The number of nitrogen functional groups attached to an aromatic ring is 1. The fraction of sp³-hybridized carbons (Fsp3) is 0.611. The van der Waals surface area contributed by atoms with Crippen LogP contribution in [0.3, 0.4) is 0 Å². The van der Waals surface area contributed by atoms with Gasteiger partial charge in [-0.3, -0.25) is 0 Å². The minimum Gasteiger partial charge on any atom is -0.484 e. The SMILES string of the molecule is Cc1nc(N)c(O[C@H]2CN(C(=O)OC(C)(C)C)CC2(C)C)cc1C(=O)O. The van der Waals surface area contributed by atoms with Crippen LogP contribution in [0.25, 0.3) is 0 Å². The van der Waals surface area contributed by atoms with Gasteiger partial charge in [-0.15, -0.1) is 0 Å². The fourth-order valence-corrected chi connectivity index (χ4v) is 2.84. The molecule has 1 saturated heterocycles. The molecule has 26 heavy (non-hydrogen) atoms. The minimum absolute atomic E-state index is 0.0361. The first-order chi connectivity index (χ1) is 11.8. The van der Waals surface area contributed by atoms with Crippen LogP contribution in [0.2, 0.25) is 0 Å². The second-order valence-corrected chi connectivity index (χ2v) is 8.27. The molecule has 0 aliphatic carbocycles. The zero-order valence-corrected chi connectivity index (χ0v) is 16.1. The van der Waals surface area contributed by atoms with Crippen LogP contribution < -0.4 is 10.5 Å². The molecule has 1 aromatic heterocycles. The Bertz CT molecular complexity index is 724. The standard InChI is InChI=1S/C18H27N3O5/c1-10-11(15(22)23)7-12(14(19)20-10)25-13-8-21(9-18(13,5)6)16(24)26-17(2,3)4/h7,13H,8-9H2,1-6H3,(H2,19,20)(H,22,23)/t13-/m0/s1. The first-order valence-electron chi connectivity index (χ1n) is 8.45. The number of carboxylic acids is 1. The van der Waals surface area contributed by atoms with Gasteiger partial charge in [0.25, 0.3) is 0 Å². The molecule has 1 amide bonds. The topological polar surface area (TPSA) is 115 Å². The molecule has 0 saturated carbocycles. The lowest BCUT2D eigenvalue weighted by Crippen LogP contribution is -2.36. The molecule has 1 aliphatic rings. The first-order valence-corrected chi connectivity index (χ1v) is 8.45. The number of carboxylic acid groups (broad SMARTS) is 1. The van der Waals surface area contributed by atoms with Crippen LogP contribution in [-0.4, -0.2) is 51.8 Å².